The van der Waals surface area contributed by atoms with Gasteiger partial charge < -0.3 is 28.4 Å². The molecule has 0 aromatic rings. The minimum absolute atomic E-state index is 0.187. The van der Waals surface area contributed by atoms with Gasteiger partial charge in [0.1, 0.15) is 24.4 Å². The van der Waals surface area contributed by atoms with Crippen LogP contribution in [-0.2, 0) is 28.4 Å². The molecule has 0 bridgehead atoms. The first-order valence-electron chi connectivity index (χ1n) is 18.1. The maximum atomic E-state index is 6.62. The fourth-order valence-corrected chi connectivity index (χ4v) is 6.20. The van der Waals surface area contributed by atoms with E-state index in [1.807, 2.05) is 27.7 Å². The molecule has 2 saturated heterocycles. The van der Waals surface area contributed by atoms with Crippen molar-refractivity contribution in [1.29, 1.82) is 0 Å². The van der Waals surface area contributed by atoms with Crippen molar-refractivity contribution in [3.8, 4) is 0 Å². The molecule has 0 unspecified atom stereocenters. The lowest BCUT2D eigenvalue weighted by Gasteiger charge is -2.34. The molecule has 0 saturated carbocycles. The topological polar surface area (TPSA) is 55.4 Å². The Morgan fingerprint density at radius 3 is 1.02 bits per heavy atom. The van der Waals surface area contributed by atoms with Crippen LogP contribution in [0.15, 0.2) is 0 Å². The lowest BCUT2D eigenvalue weighted by atomic mass is 10.0. The van der Waals surface area contributed by atoms with Gasteiger partial charge in [-0.15, -0.1) is 0 Å². The van der Waals surface area contributed by atoms with Crippen molar-refractivity contribution in [3.05, 3.63) is 0 Å². The molecule has 0 amide bonds. The molecular formula is C36H70O6. The fraction of sp³-hybridized carbons (Fsp3) is 1.00. The van der Waals surface area contributed by atoms with Gasteiger partial charge in [-0.1, -0.05) is 129 Å². The van der Waals surface area contributed by atoms with Crippen LogP contribution in [0.5, 0.6) is 0 Å². The van der Waals surface area contributed by atoms with Crippen molar-refractivity contribution in [2.24, 2.45) is 0 Å². The van der Waals surface area contributed by atoms with Gasteiger partial charge in [-0.05, 0) is 40.5 Å². The normalized spacial score (nSPS) is 23.0. The molecule has 0 aromatic heterocycles. The van der Waals surface area contributed by atoms with Gasteiger partial charge in [-0.25, -0.2) is 0 Å². The highest BCUT2D eigenvalue weighted by atomic mass is 16.8. The largest absolute Gasteiger partial charge is 0.373 e. The number of hydrogen-bond acceptors (Lipinski definition) is 6. The van der Waals surface area contributed by atoms with Crippen molar-refractivity contribution in [2.45, 2.75) is 206 Å². The van der Waals surface area contributed by atoms with Crippen LogP contribution in [0, 0.1) is 0 Å². The third-order valence-electron chi connectivity index (χ3n) is 8.73. The second-order valence-corrected chi connectivity index (χ2v) is 13.8. The van der Waals surface area contributed by atoms with Crippen LogP contribution in [-0.4, -0.2) is 62.4 Å². The Kier molecular flexibility index (Phi) is 20.1. The number of hydrogen-bond donors (Lipinski definition) is 0. The zero-order valence-corrected chi connectivity index (χ0v) is 28.7. The molecule has 0 aromatic carbocycles. The van der Waals surface area contributed by atoms with Crippen LogP contribution >= 0.6 is 0 Å². The van der Waals surface area contributed by atoms with Crippen LogP contribution < -0.4 is 0 Å². The van der Waals surface area contributed by atoms with Crippen LogP contribution in [0.3, 0.4) is 0 Å². The van der Waals surface area contributed by atoms with Gasteiger partial charge in [0, 0.05) is 13.2 Å². The van der Waals surface area contributed by atoms with E-state index in [2.05, 4.69) is 13.8 Å². The van der Waals surface area contributed by atoms with E-state index in [9.17, 15) is 0 Å². The summed E-state index contributed by atoms with van der Waals surface area (Å²) in [6, 6.07) is 0. The summed E-state index contributed by atoms with van der Waals surface area (Å²) in [5, 5.41) is 0. The van der Waals surface area contributed by atoms with Gasteiger partial charge in [0.15, 0.2) is 11.6 Å². The summed E-state index contributed by atoms with van der Waals surface area (Å²) in [7, 11) is 0. The second kappa shape index (κ2) is 22.3. The summed E-state index contributed by atoms with van der Waals surface area (Å²) in [6.07, 6.45) is 25.3. The van der Waals surface area contributed by atoms with Crippen LogP contribution in [0.2, 0.25) is 0 Å². The van der Waals surface area contributed by atoms with E-state index >= 15 is 0 Å². The monoisotopic (exact) mass is 599 g/mol. The quantitative estimate of drug-likeness (QED) is 0.0877. The van der Waals surface area contributed by atoms with E-state index < -0.39 is 11.6 Å². The van der Waals surface area contributed by atoms with Crippen molar-refractivity contribution in [1.82, 2.24) is 0 Å². The SMILES string of the molecule is CCCCCCCCCCCCO[C@@H]([C@H](OCCCCCCCCCCCC)[C@H]1COC(C)(C)O1)[C@H]1COC(C)(C)O1. The lowest BCUT2D eigenvalue weighted by Crippen LogP contribution is -2.50. The lowest BCUT2D eigenvalue weighted by molar-refractivity contribution is -0.204. The third kappa shape index (κ3) is 16.7. The van der Waals surface area contributed by atoms with Crippen molar-refractivity contribution in [3.63, 3.8) is 0 Å². The molecule has 2 fully saturated rings. The van der Waals surface area contributed by atoms with E-state index in [1.54, 1.807) is 0 Å². The Labute approximate surface area is 260 Å². The molecule has 2 aliphatic heterocycles. The van der Waals surface area contributed by atoms with Crippen molar-refractivity contribution >= 4 is 0 Å². The minimum Gasteiger partial charge on any atom is -0.373 e. The zero-order chi connectivity index (χ0) is 30.5. The number of ether oxygens (including phenoxy) is 6. The molecule has 0 aliphatic carbocycles. The first-order valence-corrected chi connectivity index (χ1v) is 18.1. The molecule has 0 spiro atoms. The molecule has 42 heavy (non-hydrogen) atoms. The second-order valence-electron chi connectivity index (χ2n) is 13.8. The number of unbranched alkanes of at least 4 members (excludes halogenated alkanes) is 18. The van der Waals surface area contributed by atoms with Crippen LogP contribution in [0.1, 0.15) is 170 Å². The predicted molar refractivity (Wildman–Crippen MR) is 173 cm³/mol. The Bertz CT molecular complexity index is 584. The van der Waals surface area contributed by atoms with E-state index in [0.29, 0.717) is 26.4 Å². The Balaban J connectivity index is 1.81. The van der Waals surface area contributed by atoms with E-state index in [4.69, 9.17) is 28.4 Å². The van der Waals surface area contributed by atoms with Gasteiger partial charge in [0.05, 0.1) is 13.2 Å². The molecular weight excluding hydrogens is 528 g/mol. The Hall–Kier alpha value is -0.240. The summed E-state index contributed by atoms with van der Waals surface area (Å²) in [4.78, 5) is 0. The van der Waals surface area contributed by atoms with Gasteiger partial charge in [0.25, 0.3) is 0 Å². The molecule has 0 N–H and O–H groups in total. The molecule has 2 rings (SSSR count). The van der Waals surface area contributed by atoms with E-state index in [1.165, 1.54) is 116 Å². The highest BCUT2D eigenvalue weighted by Gasteiger charge is 2.47. The molecule has 4 atom stereocenters. The highest BCUT2D eigenvalue weighted by molar-refractivity contribution is 4.91. The average Bonchev–Trinajstić information content (AvgIpc) is 3.50. The van der Waals surface area contributed by atoms with Crippen molar-refractivity contribution in [2.75, 3.05) is 26.4 Å². The van der Waals surface area contributed by atoms with E-state index in [0.717, 1.165) is 12.8 Å². The minimum atomic E-state index is -0.614. The summed E-state index contributed by atoms with van der Waals surface area (Å²) < 4.78 is 37.9. The highest BCUT2D eigenvalue weighted by Crippen LogP contribution is 2.33. The standard InChI is InChI=1S/C36H70O6/c1-7-9-11-13-15-17-19-21-23-25-27-37-33(31-29-39-35(3,4)41-31)34(32-30-40-36(5,6)42-32)38-28-26-24-22-20-18-16-14-12-10-8-2/h31-34H,7-30H2,1-6H3/t31-,32-,33-,34-/m1/s1. The maximum Gasteiger partial charge on any atom is 0.163 e. The molecule has 6 nitrogen and oxygen atoms in total. The van der Waals surface area contributed by atoms with Gasteiger partial charge in [0.2, 0.25) is 0 Å². The first-order chi connectivity index (χ1) is 20.3. The molecule has 6 heteroatoms. The van der Waals surface area contributed by atoms with Crippen LogP contribution in [0.25, 0.3) is 0 Å². The first kappa shape index (κ1) is 37.9. The van der Waals surface area contributed by atoms with Gasteiger partial charge in [-0.3, -0.25) is 0 Å². The molecule has 2 aliphatic rings. The average molecular weight is 599 g/mol. The molecule has 0 radical (unpaired) electrons. The van der Waals surface area contributed by atoms with E-state index in [-0.39, 0.29) is 24.4 Å². The third-order valence-corrected chi connectivity index (χ3v) is 8.73. The van der Waals surface area contributed by atoms with Gasteiger partial charge >= 0.3 is 0 Å². The smallest absolute Gasteiger partial charge is 0.163 e. The predicted octanol–water partition coefficient (Wildman–Crippen LogP) is 9.90. The maximum absolute atomic E-state index is 6.62. The zero-order valence-electron chi connectivity index (χ0n) is 28.7. The molecule has 2 heterocycles. The number of rotatable bonds is 27. The van der Waals surface area contributed by atoms with Gasteiger partial charge in [-0.2, -0.15) is 0 Å². The summed E-state index contributed by atoms with van der Waals surface area (Å²) in [6.45, 7) is 14.9. The Morgan fingerprint density at radius 1 is 0.476 bits per heavy atom. The summed E-state index contributed by atoms with van der Waals surface area (Å²) >= 11 is 0. The summed E-state index contributed by atoms with van der Waals surface area (Å²) in [5.41, 5.74) is 0. The van der Waals surface area contributed by atoms with Crippen molar-refractivity contribution < 1.29 is 28.4 Å². The molecule has 250 valence electrons. The van der Waals surface area contributed by atoms with Crippen LogP contribution in [0.4, 0.5) is 0 Å². The fourth-order valence-electron chi connectivity index (χ4n) is 6.20. The Morgan fingerprint density at radius 2 is 0.762 bits per heavy atom. The summed E-state index contributed by atoms with van der Waals surface area (Å²) in [5.74, 6) is -1.23.